The van der Waals surface area contributed by atoms with Gasteiger partial charge in [0.1, 0.15) is 5.75 Å². The van der Waals surface area contributed by atoms with Gasteiger partial charge >= 0.3 is 0 Å². The number of likely N-dealkylation sites (tertiary alicyclic amines) is 1. The van der Waals surface area contributed by atoms with E-state index in [4.69, 9.17) is 4.74 Å². The smallest absolute Gasteiger partial charge is 0.119 e. The van der Waals surface area contributed by atoms with Gasteiger partial charge in [0.15, 0.2) is 0 Å². The van der Waals surface area contributed by atoms with Crippen molar-refractivity contribution in [1.82, 2.24) is 9.88 Å². The lowest BCUT2D eigenvalue weighted by molar-refractivity contribution is 0.168. The highest BCUT2D eigenvalue weighted by Gasteiger charge is 2.31. The third-order valence-electron chi connectivity index (χ3n) is 5.51. The van der Waals surface area contributed by atoms with Gasteiger partial charge in [0.25, 0.3) is 0 Å². The van der Waals surface area contributed by atoms with Gasteiger partial charge in [-0.25, -0.2) is 0 Å². The van der Waals surface area contributed by atoms with Gasteiger partial charge in [0.2, 0.25) is 0 Å². The van der Waals surface area contributed by atoms with E-state index in [9.17, 15) is 0 Å². The Morgan fingerprint density at radius 3 is 2.96 bits per heavy atom. The lowest BCUT2D eigenvalue weighted by Gasteiger charge is -2.35. The molecule has 1 N–H and O–H groups in total. The molecule has 0 aliphatic carbocycles. The largest absolute Gasteiger partial charge is 0.497 e. The monoisotopic (exact) mass is 330 g/mol. The van der Waals surface area contributed by atoms with Crippen LogP contribution in [0.2, 0.25) is 0 Å². The molecular weight excluding hydrogens is 304 g/mol. The van der Waals surface area contributed by atoms with Crippen LogP contribution in [0.25, 0.3) is 10.9 Å². The molecule has 2 aliphatic heterocycles. The van der Waals surface area contributed by atoms with Crippen LogP contribution in [0.3, 0.4) is 0 Å². The van der Waals surface area contributed by atoms with Crippen molar-refractivity contribution in [3.05, 3.63) is 30.0 Å². The van der Waals surface area contributed by atoms with Crippen LogP contribution in [0.4, 0.5) is 0 Å². The van der Waals surface area contributed by atoms with Crippen molar-refractivity contribution in [2.24, 2.45) is 0 Å². The second-order valence-electron chi connectivity index (χ2n) is 6.81. The number of fused-ring (bicyclic) bond motifs is 1. The minimum atomic E-state index is 0.716. The lowest BCUT2D eigenvalue weighted by Crippen LogP contribution is -2.42. The molecule has 3 nitrogen and oxygen atoms in total. The molecule has 0 radical (unpaired) electrons. The van der Waals surface area contributed by atoms with Gasteiger partial charge in [-0.15, -0.1) is 0 Å². The molecule has 1 aromatic carbocycles. The summed E-state index contributed by atoms with van der Waals surface area (Å²) in [5.74, 6) is 3.64. The number of hydrogen-bond acceptors (Lipinski definition) is 3. The zero-order valence-corrected chi connectivity index (χ0v) is 14.7. The summed E-state index contributed by atoms with van der Waals surface area (Å²) in [7, 11) is 1.74. The van der Waals surface area contributed by atoms with Crippen molar-refractivity contribution in [3.63, 3.8) is 0 Å². The highest BCUT2D eigenvalue weighted by Crippen LogP contribution is 2.32. The Hall–Kier alpha value is -1.13. The number of nitrogens with zero attached hydrogens (tertiary/aromatic N) is 1. The van der Waals surface area contributed by atoms with Gasteiger partial charge in [0.05, 0.1) is 7.11 Å². The van der Waals surface area contributed by atoms with E-state index in [1.807, 2.05) is 6.07 Å². The quantitative estimate of drug-likeness (QED) is 0.915. The first-order valence-electron chi connectivity index (χ1n) is 8.82. The number of hydrogen-bond donors (Lipinski definition) is 1. The minimum Gasteiger partial charge on any atom is -0.497 e. The van der Waals surface area contributed by atoms with E-state index < -0.39 is 0 Å². The number of aromatic nitrogens is 1. The van der Waals surface area contributed by atoms with Crippen LogP contribution in [0.5, 0.6) is 5.75 Å². The number of ether oxygens (including phenoxy) is 1. The number of H-pyrrole nitrogens is 1. The second-order valence-corrected chi connectivity index (χ2v) is 8.03. The highest BCUT2D eigenvalue weighted by molar-refractivity contribution is 7.99. The van der Waals surface area contributed by atoms with Gasteiger partial charge in [-0.2, -0.15) is 11.8 Å². The lowest BCUT2D eigenvalue weighted by atomic mass is 10.0. The number of aromatic amines is 1. The topological polar surface area (TPSA) is 28.3 Å². The summed E-state index contributed by atoms with van der Waals surface area (Å²) in [4.78, 5) is 6.25. The normalized spacial score (nSPS) is 23.6. The maximum Gasteiger partial charge on any atom is 0.119 e. The Morgan fingerprint density at radius 2 is 2.13 bits per heavy atom. The Balaban J connectivity index is 1.54. The zero-order chi connectivity index (χ0) is 15.6. The average Bonchev–Trinajstić information content (AvgIpc) is 3.23. The van der Waals surface area contributed by atoms with Crippen LogP contribution >= 0.6 is 11.8 Å². The first kappa shape index (κ1) is 15.4. The van der Waals surface area contributed by atoms with Crippen molar-refractivity contribution in [2.75, 3.05) is 25.2 Å². The fourth-order valence-corrected chi connectivity index (χ4v) is 5.36. The van der Waals surface area contributed by atoms with Crippen LogP contribution in [0.1, 0.15) is 31.2 Å². The maximum absolute atomic E-state index is 5.41. The molecule has 124 valence electrons. The number of rotatable bonds is 4. The molecule has 4 heteroatoms. The van der Waals surface area contributed by atoms with Crippen molar-refractivity contribution in [3.8, 4) is 5.75 Å². The molecule has 1 atom stereocenters. The molecule has 0 bridgehead atoms. The van der Waals surface area contributed by atoms with Gasteiger partial charge in [-0.1, -0.05) is 0 Å². The Labute approximate surface area is 142 Å². The molecular formula is C19H26N2OS. The van der Waals surface area contributed by atoms with E-state index in [1.165, 1.54) is 60.2 Å². The SMILES string of the molecule is COc1ccc2[nH]cc(CC3CCCN3C3CCSCC3)c2c1. The molecule has 0 amide bonds. The predicted octanol–water partition coefficient (Wildman–Crippen LogP) is 4.08. The van der Waals surface area contributed by atoms with Crippen LogP contribution in [0, 0.1) is 0 Å². The standard InChI is InChI=1S/C19H26N2OS/c1-22-17-4-5-19-18(12-17)14(13-20-19)11-16-3-2-8-21(16)15-6-9-23-10-7-15/h4-5,12-13,15-16,20H,2-3,6-11H2,1H3. The summed E-state index contributed by atoms with van der Waals surface area (Å²) in [6.45, 7) is 1.30. The van der Waals surface area contributed by atoms with E-state index in [-0.39, 0.29) is 0 Å². The van der Waals surface area contributed by atoms with E-state index in [1.54, 1.807) is 7.11 Å². The second kappa shape index (κ2) is 6.78. The average molecular weight is 330 g/mol. The van der Waals surface area contributed by atoms with Crippen LogP contribution < -0.4 is 4.74 Å². The Morgan fingerprint density at radius 1 is 1.26 bits per heavy atom. The van der Waals surface area contributed by atoms with Crippen molar-refractivity contribution < 1.29 is 4.74 Å². The molecule has 2 aliphatic rings. The van der Waals surface area contributed by atoms with Crippen LogP contribution in [-0.2, 0) is 6.42 Å². The summed E-state index contributed by atoms with van der Waals surface area (Å²) in [5.41, 5.74) is 2.67. The van der Waals surface area contributed by atoms with Gasteiger partial charge in [-0.05, 0) is 73.9 Å². The van der Waals surface area contributed by atoms with E-state index >= 15 is 0 Å². The number of nitrogens with one attached hydrogen (secondary N) is 1. The molecule has 23 heavy (non-hydrogen) atoms. The first-order chi connectivity index (χ1) is 11.3. The van der Waals surface area contributed by atoms with Crippen LogP contribution in [-0.4, -0.2) is 47.1 Å². The highest BCUT2D eigenvalue weighted by atomic mass is 32.2. The number of methoxy groups -OCH3 is 1. The van der Waals surface area contributed by atoms with E-state index in [0.29, 0.717) is 6.04 Å². The molecule has 0 spiro atoms. The summed E-state index contributed by atoms with van der Waals surface area (Å²) in [6, 6.07) is 7.88. The molecule has 1 unspecified atom stereocenters. The van der Waals surface area contributed by atoms with E-state index in [0.717, 1.165) is 18.2 Å². The molecule has 2 aromatic rings. The number of thioether (sulfide) groups is 1. The zero-order valence-electron chi connectivity index (χ0n) is 13.9. The third-order valence-corrected chi connectivity index (χ3v) is 6.56. The van der Waals surface area contributed by atoms with Gasteiger partial charge in [0, 0.05) is 29.2 Å². The minimum absolute atomic E-state index is 0.716. The summed E-state index contributed by atoms with van der Waals surface area (Å²) in [5, 5.41) is 1.33. The molecule has 2 saturated heterocycles. The predicted molar refractivity (Wildman–Crippen MR) is 98.6 cm³/mol. The molecule has 0 saturated carbocycles. The maximum atomic E-state index is 5.41. The van der Waals surface area contributed by atoms with Gasteiger partial charge < -0.3 is 9.72 Å². The number of benzene rings is 1. The van der Waals surface area contributed by atoms with Gasteiger partial charge in [-0.3, -0.25) is 4.90 Å². The van der Waals surface area contributed by atoms with Crippen molar-refractivity contribution in [1.29, 1.82) is 0 Å². The Bertz CT molecular complexity index is 662. The third kappa shape index (κ3) is 3.11. The van der Waals surface area contributed by atoms with Crippen molar-refractivity contribution >= 4 is 22.7 Å². The summed E-state index contributed by atoms with van der Waals surface area (Å²) >= 11 is 2.12. The molecule has 1 aromatic heterocycles. The van der Waals surface area contributed by atoms with Crippen LogP contribution in [0.15, 0.2) is 24.4 Å². The summed E-state index contributed by atoms with van der Waals surface area (Å²) in [6.07, 6.45) is 8.83. The Kier molecular flexibility index (Phi) is 4.54. The molecule has 3 heterocycles. The molecule has 4 rings (SSSR count). The fourth-order valence-electron chi connectivity index (χ4n) is 4.28. The van der Waals surface area contributed by atoms with Crippen molar-refractivity contribution in [2.45, 2.75) is 44.2 Å². The first-order valence-corrected chi connectivity index (χ1v) is 9.98. The van der Waals surface area contributed by atoms with E-state index in [2.05, 4.69) is 40.0 Å². The fraction of sp³-hybridized carbons (Fsp3) is 0.579. The summed E-state index contributed by atoms with van der Waals surface area (Å²) < 4.78 is 5.41. The molecule has 2 fully saturated rings.